The summed E-state index contributed by atoms with van der Waals surface area (Å²) in [6.07, 6.45) is 2.17. The molecule has 0 aromatic carbocycles. The zero-order valence-corrected chi connectivity index (χ0v) is 9.52. The van der Waals surface area contributed by atoms with Crippen molar-refractivity contribution in [1.29, 1.82) is 0 Å². The van der Waals surface area contributed by atoms with E-state index in [1.54, 1.807) is 24.5 Å². The third-order valence-electron chi connectivity index (χ3n) is 2.15. The summed E-state index contributed by atoms with van der Waals surface area (Å²) in [6, 6.07) is 2.07. The van der Waals surface area contributed by atoms with Gasteiger partial charge in [-0.25, -0.2) is 4.98 Å². The number of imidazole rings is 1. The lowest BCUT2D eigenvalue weighted by Gasteiger charge is -1.94. The third kappa shape index (κ3) is 2.15. The Labute approximate surface area is 92.2 Å². The Morgan fingerprint density at radius 1 is 1.60 bits per heavy atom. The summed E-state index contributed by atoms with van der Waals surface area (Å²) >= 11 is 1.68. The number of carbonyl (C=O) groups is 1. The standard InChI is InChI=1S/C11H12N2OS/c1-7-3-4-15-11(7)9-6-12-10(13-9)5-8(2)14/h3-4,6H,5H2,1-2H3,(H,12,13). The minimum Gasteiger partial charge on any atom is -0.341 e. The highest BCUT2D eigenvalue weighted by Crippen LogP contribution is 2.27. The van der Waals surface area contributed by atoms with Crippen LogP contribution in [0, 0.1) is 6.92 Å². The fourth-order valence-corrected chi connectivity index (χ4v) is 2.35. The molecule has 4 heteroatoms. The Morgan fingerprint density at radius 3 is 3.00 bits per heavy atom. The fraction of sp³-hybridized carbons (Fsp3) is 0.273. The van der Waals surface area contributed by atoms with E-state index in [1.165, 1.54) is 10.4 Å². The molecular weight excluding hydrogens is 208 g/mol. The number of aryl methyl sites for hydroxylation is 1. The molecule has 2 aromatic heterocycles. The number of ketones is 1. The first-order chi connectivity index (χ1) is 7.16. The highest BCUT2D eigenvalue weighted by Gasteiger charge is 2.08. The molecule has 15 heavy (non-hydrogen) atoms. The van der Waals surface area contributed by atoms with Gasteiger partial charge in [0.05, 0.1) is 23.2 Å². The number of hydrogen-bond donors (Lipinski definition) is 1. The molecule has 2 rings (SSSR count). The number of nitrogens with one attached hydrogen (secondary N) is 1. The second-order valence-electron chi connectivity index (χ2n) is 3.56. The van der Waals surface area contributed by atoms with Crippen molar-refractivity contribution >= 4 is 17.1 Å². The van der Waals surface area contributed by atoms with Gasteiger partial charge in [0.2, 0.25) is 0 Å². The second-order valence-corrected chi connectivity index (χ2v) is 4.47. The monoisotopic (exact) mass is 220 g/mol. The van der Waals surface area contributed by atoms with Gasteiger partial charge >= 0.3 is 0 Å². The SMILES string of the molecule is CC(=O)Cc1ncc(-c2sccc2C)[nH]1. The van der Waals surface area contributed by atoms with Crippen molar-refractivity contribution in [3.8, 4) is 10.6 Å². The van der Waals surface area contributed by atoms with Crippen molar-refractivity contribution in [2.75, 3.05) is 0 Å². The normalized spacial score (nSPS) is 10.5. The van der Waals surface area contributed by atoms with E-state index in [4.69, 9.17) is 0 Å². The van der Waals surface area contributed by atoms with Gasteiger partial charge < -0.3 is 4.98 Å². The Bertz CT molecular complexity index is 484. The van der Waals surface area contributed by atoms with Gasteiger partial charge in [-0.3, -0.25) is 4.79 Å². The van der Waals surface area contributed by atoms with Crippen LogP contribution < -0.4 is 0 Å². The quantitative estimate of drug-likeness (QED) is 0.864. The second kappa shape index (κ2) is 3.98. The molecule has 0 atom stereocenters. The number of aromatic nitrogens is 2. The number of H-pyrrole nitrogens is 1. The summed E-state index contributed by atoms with van der Waals surface area (Å²) in [5, 5.41) is 2.05. The van der Waals surface area contributed by atoms with Crippen LogP contribution >= 0.6 is 11.3 Å². The average Bonchev–Trinajstić information content (AvgIpc) is 2.72. The van der Waals surface area contributed by atoms with Crippen LogP contribution in [0.3, 0.4) is 0 Å². The number of carbonyl (C=O) groups excluding carboxylic acids is 1. The van der Waals surface area contributed by atoms with Gasteiger partial charge in [0, 0.05) is 0 Å². The maximum Gasteiger partial charge on any atom is 0.137 e. The molecule has 1 N–H and O–H groups in total. The predicted octanol–water partition coefficient (Wildman–Crippen LogP) is 2.58. The lowest BCUT2D eigenvalue weighted by Crippen LogP contribution is -1.97. The summed E-state index contributed by atoms with van der Waals surface area (Å²) in [6.45, 7) is 3.63. The maximum absolute atomic E-state index is 10.9. The Kier molecular flexibility index (Phi) is 2.68. The molecule has 3 nitrogen and oxygen atoms in total. The summed E-state index contributed by atoms with van der Waals surface area (Å²) in [5.41, 5.74) is 2.23. The minimum absolute atomic E-state index is 0.124. The summed E-state index contributed by atoms with van der Waals surface area (Å²) in [5.74, 6) is 0.865. The van der Waals surface area contributed by atoms with E-state index in [0.29, 0.717) is 6.42 Å². The van der Waals surface area contributed by atoms with Crippen LogP contribution in [0.15, 0.2) is 17.6 Å². The highest BCUT2D eigenvalue weighted by molar-refractivity contribution is 7.13. The molecule has 0 radical (unpaired) electrons. The first kappa shape index (κ1) is 10.1. The molecule has 0 fully saturated rings. The molecule has 0 bridgehead atoms. The molecule has 0 saturated heterocycles. The molecule has 0 amide bonds. The fourth-order valence-electron chi connectivity index (χ4n) is 1.45. The zero-order valence-electron chi connectivity index (χ0n) is 8.70. The van der Waals surface area contributed by atoms with E-state index < -0.39 is 0 Å². The van der Waals surface area contributed by atoms with Crippen LogP contribution in [0.4, 0.5) is 0 Å². The van der Waals surface area contributed by atoms with Crippen molar-refractivity contribution < 1.29 is 4.79 Å². The average molecular weight is 220 g/mol. The number of aromatic amines is 1. The van der Waals surface area contributed by atoms with Crippen LogP contribution in [-0.2, 0) is 11.2 Å². The van der Waals surface area contributed by atoms with Crippen molar-refractivity contribution in [3.05, 3.63) is 29.0 Å². The first-order valence-electron chi connectivity index (χ1n) is 4.74. The molecule has 2 heterocycles. The molecular formula is C11H12N2OS. The molecule has 0 aliphatic heterocycles. The number of rotatable bonds is 3. The molecule has 2 aromatic rings. The lowest BCUT2D eigenvalue weighted by molar-refractivity contribution is -0.116. The molecule has 78 valence electrons. The molecule has 0 unspecified atom stereocenters. The first-order valence-corrected chi connectivity index (χ1v) is 5.62. The van der Waals surface area contributed by atoms with Gasteiger partial charge in [-0.05, 0) is 30.9 Å². The van der Waals surface area contributed by atoms with Crippen molar-refractivity contribution in [3.63, 3.8) is 0 Å². The largest absolute Gasteiger partial charge is 0.341 e. The van der Waals surface area contributed by atoms with E-state index in [-0.39, 0.29) is 5.78 Å². The van der Waals surface area contributed by atoms with Gasteiger partial charge in [-0.15, -0.1) is 11.3 Å². The van der Waals surface area contributed by atoms with Crippen LogP contribution in [0.1, 0.15) is 18.3 Å². The van der Waals surface area contributed by atoms with E-state index in [9.17, 15) is 4.79 Å². The van der Waals surface area contributed by atoms with Gasteiger partial charge in [0.25, 0.3) is 0 Å². The number of nitrogens with zero attached hydrogens (tertiary/aromatic N) is 1. The van der Waals surface area contributed by atoms with E-state index in [2.05, 4.69) is 28.3 Å². The third-order valence-corrected chi connectivity index (χ3v) is 3.20. The van der Waals surface area contributed by atoms with Crippen LogP contribution in [0.5, 0.6) is 0 Å². The van der Waals surface area contributed by atoms with Gasteiger partial charge in [-0.1, -0.05) is 0 Å². The van der Waals surface area contributed by atoms with Crippen LogP contribution in [-0.4, -0.2) is 15.8 Å². The van der Waals surface area contributed by atoms with E-state index in [0.717, 1.165) is 11.5 Å². The number of Topliss-reactive ketones (excluding diaryl/α,β-unsaturated/α-hetero) is 1. The molecule has 0 aliphatic carbocycles. The van der Waals surface area contributed by atoms with Gasteiger partial charge in [0.15, 0.2) is 0 Å². The van der Waals surface area contributed by atoms with E-state index in [1.807, 2.05) is 0 Å². The number of thiophene rings is 1. The molecule has 0 spiro atoms. The lowest BCUT2D eigenvalue weighted by atomic mass is 10.2. The van der Waals surface area contributed by atoms with E-state index >= 15 is 0 Å². The van der Waals surface area contributed by atoms with Crippen molar-refractivity contribution in [1.82, 2.24) is 9.97 Å². The predicted molar refractivity (Wildman–Crippen MR) is 61.0 cm³/mol. The van der Waals surface area contributed by atoms with Gasteiger partial charge in [0.1, 0.15) is 11.6 Å². The topological polar surface area (TPSA) is 45.8 Å². The summed E-state index contributed by atoms with van der Waals surface area (Å²) in [4.78, 5) is 19.5. The number of hydrogen-bond acceptors (Lipinski definition) is 3. The Balaban J connectivity index is 2.28. The highest BCUT2D eigenvalue weighted by atomic mass is 32.1. The molecule has 0 saturated carbocycles. The van der Waals surface area contributed by atoms with Crippen LogP contribution in [0.2, 0.25) is 0 Å². The van der Waals surface area contributed by atoms with Crippen molar-refractivity contribution in [2.24, 2.45) is 0 Å². The van der Waals surface area contributed by atoms with Gasteiger partial charge in [-0.2, -0.15) is 0 Å². The smallest absolute Gasteiger partial charge is 0.137 e. The van der Waals surface area contributed by atoms with Crippen molar-refractivity contribution in [2.45, 2.75) is 20.3 Å². The zero-order chi connectivity index (χ0) is 10.8. The Morgan fingerprint density at radius 2 is 2.40 bits per heavy atom. The summed E-state index contributed by atoms with van der Waals surface area (Å²) in [7, 11) is 0. The minimum atomic E-state index is 0.124. The molecule has 0 aliphatic rings. The maximum atomic E-state index is 10.9. The summed E-state index contributed by atoms with van der Waals surface area (Å²) < 4.78 is 0. The Hall–Kier alpha value is -1.42. The van der Waals surface area contributed by atoms with Crippen LogP contribution in [0.25, 0.3) is 10.6 Å².